The Bertz CT molecular complexity index is 672. The highest BCUT2D eigenvalue weighted by Gasteiger charge is 2.01. The average Bonchev–Trinajstić information content (AvgIpc) is 2.55. The van der Waals surface area contributed by atoms with Crippen LogP contribution in [0.25, 0.3) is 0 Å². The van der Waals surface area contributed by atoms with Crippen molar-refractivity contribution in [3.05, 3.63) is 58.6 Å². The van der Waals surface area contributed by atoms with Crippen molar-refractivity contribution < 1.29 is 14.3 Å². The molecule has 0 aliphatic rings. The van der Waals surface area contributed by atoms with E-state index in [2.05, 4.69) is 26.5 Å². The Morgan fingerprint density at radius 2 is 1.87 bits per heavy atom. The fourth-order valence-electron chi connectivity index (χ4n) is 1.75. The molecular formula is C17H17BrN2O3. The van der Waals surface area contributed by atoms with Gasteiger partial charge in [-0.3, -0.25) is 4.79 Å². The lowest BCUT2D eigenvalue weighted by Crippen LogP contribution is -2.24. The van der Waals surface area contributed by atoms with Gasteiger partial charge in [0.05, 0.1) is 12.8 Å². The van der Waals surface area contributed by atoms with Crippen molar-refractivity contribution in [2.24, 2.45) is 5.10 Å². The van der Waals surface area contributed by atoms with Gasteiger partial charge in [0, 0.05) is 4.47 Å². The number of amides is 1. The quantitative estimate of drug-likeness (QED) is 0.595. The van der Waals surface area contributed by atoms with Crippen LogP contribution in [-0.4, -0.2) is 25.3 Å². The van der Waals surface area contributed by atoms with Gasteiger partial charge in [-0.25, -0.2) is 5.43 Å². The van der Waals surface area contributed by atoms with E-state index < -0.39 is 0 Å². The molecule has 2 aromatic carbocycles. The largest absolute Gasteiger partial charge is 0.494 e. The number of rotatable bonds is 7. The molecule has 0 aliphatic heterocycles. The number of nitrogens with zero attached hydrogens (tertiary/aromatic N) is 1. The van der Waals surface area contributed by atoms with E-state index in [9.17, 15) is 4.79 Å². The number of halogens is 1. The van der Waals surface area contributed by atoms with Crippen molar-refractivity contribution in [3.63, 3.8) is 0 Å². The average molecular weight is 377 g/mol. The molecule has 23 heavy (non-hydrogen) atoms. The van der Waals surface area contributed by atoms with Crippen LogP contribution in [0.15, 0.2) is 58.1 Å². The van der Waals surface area contributed by atoms with Gasteiger partial charge in [-0.1, -0.05) is 28.1 Å². The molecule has 5 nitrogen and oxygen atoms in total. The molecule has 0 heterocycles. The molecule has 0 aromatic heterocycles. The Balaban J connectivity index is 1.76. The van der Waals surface area contributed by atoms with Gasteiger partial charge in [0.15, 0.2) is 6.61 Å². The van der Waals surface area contributed by atoms with E-state index in [0.717, 1.165) is 15.8 Å². The zero-order valence-electron chi connectivity index (χ0n) is 12.7. The van der Waals surface area contributed by atoms with Gasteiger partial charge < -0.3 is 9.47 Å². The normalized spacial score (nSPS) is 10.5. The monoisotopic (exact) mass is 376 g/mol. The van der Waals surface area contributed by atoms with Crippen LogP contribution in [0, 0.1) is 0 Å². The summed E-state index contributed by atoms with van der Waals surface area (Å²) in [6, 6.07) is 14.7. The molecular weight excluding hydrogens is 360 g/mol. The number of hydrazone groups is 1. The van der Waals surface area contributed by atoms with Gasteiger partial charge in [0.2, 0.25) is 0 Å². The Hall–Kier alpha value is -2.34. The van der Waals surface area contributed by atoms with Gasteiger partial charge in [-0.15, -0.1) is 0 Å². The van der Waals surface area contributed by atoms with Crippen molar-refractivity contribution in [1.82, 2.24) is 5.43 Å². The highest BCUT2D eigenvalue weighted by atomic mass is 79.9. The van der Waals surface area contributed by atoms with E-state index >= 15 is 0 Å². The molecule has 6 heteroatoms. The Labute approximate surface area is 143 Å². The first-order valence-electron chi connectivity index (χ1n) is 7.10. The van der Waals surface area contributed by atoms with E-state index in [4.69, 9.17) is 9.47 Å². The molecule has 0 aliphatic carbocycles. The molecule has 0 atom stereocenters. The van der Waals surface area contributed by atoms with Crippen LogP contribution < -0.4 is 14.9 Å². The molecule has 0 unspecified atom stereocenters. The molecule has 0 saturated heterocycles. The second-order valence-corrected chi connectivity index (χ2v) is 5.46. The second kappa shape index (κ2) is 8.95. The molecule has 0 saturated carbocycles. The van der Waals surface area contributed by atoms with E-state index in [-0.39, 0.29) is 12.5 Å². The predicted molar refractivity (Wildman–Crippen MR) is 93.0 cm³/mol. The minimum atomic E-state index is -0.329. The van der Waals surface area contributed by atoms with Crippen molar-refractivity contribution in [2.75, 3.05) is 13.2 Å². The van der Waals surface area contributed by atoms with Crippen molar-refractivity contribution >= 4 is 28.1 Å². The predicted octanol–water partition coefficient (Wildman–Crippen LogP) is 3.38. The van der Waals surface area contributed by atoms with Crippen LogP contribution >= 0.6 is 15.9 Å². The van der Waals surface area contributed by atoms with Crippen LogP contribution in [0.1, 0.15) is 12.5 Å². The van der Waals surface area contributed by atoms with Crippen LogP contribution in [-0.2, 0) is 4.79 Å². The standard InChI is InChI=1S/C17H17BrN2O3/c1-2-22-15-6-8-16(9-7-15)23-12-17(21)20-19-11-13-4-3-5-14(18)10-13/h3-11H,2,12H2,1H3,(H,20,21)/b19-11+. The molecule has 0 bridgehead atoms. The second-order valence-electron chi connectivity index (χ2n) is 4.54. The Morgan fingerprint density at radius 3 is 2.52 bits per heavy atom. The molecule has 0 spiro atoms. The summed E-state index contributed by atoms with van der Waals surface area (Å²) >= 11 is 3.37. The first-order chi connectivity index (χ1) is 11.2. The summed E-state index contributed by atoms with van der Waals surface area (Å²) in [7, 11) is 0. The molecule has 120 valence electrons. The van der Waals surface area contributed by atoms with Crippen LogP contribution in [0.5, 0.6) is 11.5 Å². The van der Waals surface area contributed by atoms with Gasteiger partial charge >= 0.3 is 0 Å². The van der Waals surface area contributed by atoms with Crippen LogP contribution in [0.2, 0.25) is 0 Å². The number of ether oxygens (including phenoxy) is 2. The summed E-state index contributed by atoms with van der Waals surface area (Å²) in [5.41, 5.74) is 3.30. The number of hydrogen-bond donors (Lipinski definition) is 1. The van der Waals surface area contributed by atoms with Crippen molar-refractivity contribution in [1.29, 1.82) is 0 Å². The molecule has 1 N–H and O–H groups in total. The highest BCUT2D eigenvalue weighted by molar-refractivity contribution is 9.10. The third-order valence-corrected chi connectivity index (χ3v) is 3.25. The highest BCUT2D eigenvalue weighted by Crippen LogP contribution is 2.17. The van der Waals surface area contributed by atoms with E-state index in [0.29, 0.717) is 12.4 Å². The molecule has 0 radical (unpaired) electrons. The number of hydrogen-bond acceptors (Lipinski definition) is 4. The topological polar surface area (TPSA) is 59.9 Å². The maximum absolute atomic E-state index is 11.7. The Kier molecular flexibility index (Phi) is 6.62. The lowest BCUT2D eigenvalue weighted by molar-refractivity contribution is -0.123. The van der Waals surface area contributed by atoms with E-state index in [1.165, 1.54) is 0 Å². The van der Waals surface area contributed by atoms with Crippen LogP contribution in [0.3, 0.4) is 0 Å². The van der Waals surface area contributed by atoms with Gasteiger partial charge in [0.25, 0.3) is 5.91 Å². The summed E-state index contributed by atoms with van der Waals surface area (Å²) < 4.78 is 11.7. The number of carbonyl (C=O) groups excluding carboxylic acids is 1. The van der Waals surface area contributed by atoms with E-state index in [1.54, 1.807) is 30.5 Å². The smallest absolute Gasteiger partial charge is 0.277 e. The summed E-state index contributed by atoms with van der Waals surface area (Å²) in [5, 5.41) is 3.89. The third kappa shape index (κ3) is 6.12. The fourth-order valence-corrected chi connectivity index (χ4v) is 2.16. The summed E-state index contributed by atoms with van der Waals surface area (Å²) in [5.74, 6) is 1.03. The molecule has 0 fully saturated rings. The SMILES string of the molecule is CCOc1ccc(OCC(=O)N/N=C/c2cccc(Br)c2)cc1. The Morgan fingerprint density at radius 1 is 1.17 bits per heavy atom. The lowest BCUT2D eigenvalue weighted by Gasteiger charge is -2.06. The minimum Gasteiger partial charge on any atom is -0.494 e. The first-order valence-corrected chi connectivity index (χ1v) is 7.90. The lowest BCUT2D eigenvalue weighted by atomic mass is 10.2. The zero-order chi connectivity index (χ0) is 16.5. The molecule has 1 amide bonds. The van der Waals surface area contributed by atoms with Crippen molar-refractivity contribution in [3.8, 4) is 11.5 Å². The zero-order valence-corrected chi connectivity index (χ0v) is 14.2. The molecule has 2 rings (SSSR count). The maximum Gasteiger partial charge on any atom is 0.277 e. The fraction of sp³-hybridized carbons (Fsp3) is 0.176. The summed E-state index contributed by atoms with van der Waals surface area (Å²) in [6.45, 7) is 2.42. The summed E-state index contributed by atoms with van der Waals surface area (Å²) in [4.78, 5) is 11.7. The maximum atomic E-state index is 11.7. The van der Waals surface area contributed by atoms with Crippen molar-refractivity contribution in [2.45, 2.75) is 6.92 Å². The number of carbonyl (C=O) groups is 1. The van der Waals surface area contributed by atoms with Gasteiger partial charge in [-0.2, -0.15) is 5.10 Å². The number of nitrogens with one attached hydrogen (secondary N) is 1. The van der Waals surface area contributed by atoms with Crippen LogP contribution in [0.4, 0.5) is 0 Å². The number of benzene rings is 2. The summed E-state index contributed by atoms with van der Waals surface area (Å²) in [6.07, 6.45) is 1.57. The van der Waals surface area contributed by atoms with Gasteiger partial charge in [-0.05, 0) is 48.9 Å². The van der Waals surface area contributed by atoms with E-state index in [1.807, 2.05) is 31.2 Å². The van der Waals surface area contributed by atoms with Gasteiger partial charge in [0.1, 0.15) is 11.5 Å². The first kappa shape index (κ1) is 17.0. The minimum absolute atomic E-state index is 0.107. The molecule has 2 aromatic rings. The third-order valence-electron chi connectivity index (χ3n) is 2.76.